The van der Waals surface area contributed by atoms with E-state index < -0.39 is 22.2 Å². The van der Waals surface area contributed by atoms with E-state index in [2.05, 4.69) is 10.3 Å². The van der Waals surface area contributed by atoms with Crippen LogP contribution in [0.25, 0.3) is 0 Å². The predicted molar refractivity (Wildman–Crippen MR) is 151 cm³/mol. The van der Waals surface area contributed by atoms with Gasteiger partial charge in [0.2, 0.25) is 10.0 Å². The normalized spacial score (nSPS) is 18.4. The van der Waals surface area contributed by atoms with Gasteiger partial charge in [-0.2, -0.15) is 4.31 Å². The number of amides is 2. The SMILES string of the molecule is Cc1ccc(S(=O)(=O)N(C)C[C@@H]2Oc3ccc(NC(=O)c4ccncc4)cc3C(=O)N([C@@H](C)CO)C[C@H]2C)cc1. The molecule has 10 nitrogen and oxygen atoms in total. The number of aliphatic hydroxyl groups excluding tert-OH is 1. The number of nitrogens with zero attached hydrogens (tertiary/aromatic N) is 3. The van der Waals surface area contributed by atoms with Crippen LogP contribution in [0.3, 0.4) is 0 Å². The van der Waals surface area contributed by atoms with Gasteiger partial charge in [-0.05, 0) is 56.3 Å². The summed E-state index contributed by atoms with van der Waals surface area (Å²) in [4.78, 5) is 32.0. The second-order valence-electron chi connectivity index (χ2n) is 10.1. The van der Waals surface area contributed by atoms with Crippen LogP contribution in [0.4, 0.5) is 5.69 Å². The summed E-state index contributed by atoms with van der Waals surface area (Å²) in [5.41, 5.74) is 1.95. The molecule has 0 saturated heterocycles. The molecule has 0 saturated carbocycles. The van der Waals surface area contributed by atoms with Crippen LogP contribution >= 0.6 is 0 Å². The van der Waals surface area contributed by atoms with Crippen LogP contribution in [0.5, 0.6) is 5.75 Å². The first kappa shape index (κ1) is 29.2. The number of carbonyl (C=O) groups excluding carboxylic acids is 2. The van der Waals surface area contributed by atoms with Gasteiger partial charge < -0.3 is 20.1 Å². The maximum Gasteiger partial charge on any atom is 0.258 e. The lowest BCUT2D eigenvalue weighted by Gasteiger charge is -2.38. The number of hydrogen-bond donors (Lipinski definition) is 2. The number of ether oxygens (including phenoxy) is 1. The molecule has 2 amide bonds. The number of hydrogen-bond acceptors (Lipinski definition) is 7. The number of aryl methyl sites for hydroxylation is 1. The number of aliphatic hydroxyl groups is 1. The molecule has 3 aromatic rings. The number of aromatic nitrogens is 1. The highest BCUT2D eigenvalue weighted by Gasteiger charge is 2.35. The zero-order valence-electron chi connectivity index (χ0n) is 22.9. The molecule has 4 rings (SSSR count). The van der Waals surface area contributed by atoms with Crippen LogP contribution < -0.4 is 10.1 Å². The van der Waals surface area contributed by atoms with Gasteiger partial charge in [-0.1, -0.05) is 24.6 Å². The number of nitrogens with one attached hydrogen (secondary N) is 1. The van der Waals surface area contributed by atoms with E-state index in [-0.39, 0.29) is 53.6 Å². The minimum absolute atomic E-state index is 0.0346. The molecule has 0 radical (unpaired) electrons. The Morgan fingerprint density at radius 3 is 2.50 bits per heavy atom. The summed E-state index contributed by atoms with van der Waals surface area (Å²) in [7, 11) is -2.29. The Bertz CT molecular complexity index is 1460. The number of carbonyl (C=O) groups is 2. The molecule has 11 heteroatoms. The summed E-state index contributed by atoms with van der Waals surface area (Å²) in [5.74, 6) is -0.730. The molecule has 0 aliphatic carbocycles. The maximum absolute atomic E-state index is 13.7. The van der Waals surface area contributed by atoms with Crippen LogP contribution in [0.15, 0.2) is 71.9 Å². The fourth-order valence-corrected chi connectivity index (χ4v) is 5.65. The van der Waals surface area contributed by atoms with E-state index in [0.29, 0.717) is 11.3 Å². The number of benzene rings is 2. The monoisotopic (exact) mass is 566 g/mol. The van der Waals surface area contributed by atoms with E-state index in [9.17, 15) is 23.1 Å². The van der Waals surface area contributed by atoms with Gasteiger partial charge in [-0.25, -0.2) is 8.42 Å². The molecule has 40 heavy (non-hydrogen) atoms. The van der Waals surface area contributed by atoms with Crippen molar-refractivity contribution in [2.24, 2.45) is 5.92 Å². The lowest BCUT2D eigenvalue weighted by Crippen LogP contribution is -2.50. The van der Waals surface area contributed by atoms with E-state index in [1.807, 2.05) is 13.8 Å². The molecule has 0 unspecified atom stereocenters. The highest BCUT2D eigenvalue weighted by Crippen LogP contribution is 2.31. The maximum atomic E-state index is 13.7. The van der Waals surface area contributed by atoms with Gasteiger partial charge in [0.25, 0.3) is 11.8 Å². The number of anilines is 1. The molecular formula is C29H34N4O6S. The third kappa shape index (κ3) is 6.33. The van der Waals surface area contributed by atoms with E-state index in [1.54, 1.807) is 60.4 Å². The fraction of sp³-hybridized carbons (Fsp3) is 0.345. The summed E-state index contributed by atoms with van der Waals surface area (Å²) in [5, 5.41) is 12.7. The fourth-order valence-electron chi connectivity index (χ4n) is 4.47. The average molecular weight is 567 g/mol. The van der Waals surface area contributed by atoms with Crippen LogP contribution in [0, 0.1) is 12.8 Å². The Kier molecular flexibility index (Phi) is 8.87. The Hall–Kier alpha value is -3.80. The smallest absolute Gasteiger partial charge is 0.258 e. The second-order valence-corrected chi connectivity index (χ2v) is 12.2. The number of sulfonamides is 1. The number of likely N-dealkylation sites (N-methyl/N-ethyl adjacent to an activating group) is 1. The molecule has 2 aromatic carbocycles. The Morgan fingerprint density at radius 2 is 1.85 bits per heavy atom. The molecule has 3 atom stereocenters. The largest absolute Gasteiger partial charge is 0.488 e. The number of pyridine rings is 1. The highest BCUT2D eigenvalue weighted by atomic mass is 32.2. The third-order valence-electron chi connectivity index (χ3n) is 7.03. The van der Waals surface area contributed by atoms with Gasteiger partial charge >= 0.3 is 0 Å². The van der Waals surface area contributed by atoms with Gasteiger partial charge in [-0.3, -0.25) is 14.6 Å². The molecule has 1 aliphatic heterocycles. The van der Waals surface area contributed by atoms with Crippen molar-refractivity contribution in [1.82, 2.24) is 14.2 Å². The van der Waals surface area contributed by atoms with Crippen molar-refractivity contribution in [3.63, 3.8) is 0 Å². The average Bonchev–Trinajstić information content (AvgIpc) is 2.95. The molecule has 2 N–H and O–H groups in total. The van der Waals surface area contributed by atoms with Crippen molar-refractivity contribution in [2.45, 2.75) is 37.8 Å². The van der Waals surface area contributed by atoms with E-state index in [0.717, 1.165) is 5.56 Å². The highest BCUT2D eigenvalue weighted by molar-refractivity contribution is 7.89. The molecule has 1 aliphatic rings. The summed E-state index contributed by atoms with van der Waals surface area (Å²) in [6.45, 7) is 5.53. The lowest BCUT2D eigenvalue weighted by molar-refractivity contribution is 0.0387. The van der Waals surface area contributed by atoms with Crippen LogP contribution in [-0.4, -0.2) is 78.4 Å². The summed E-state index contributed by atoms with van der Waals surface area (Å²) < 4.78 is 34.1. The van der Waals surface area contributed by atoms with Gasteiger partial charge in [-0.15, -0.1) is 0 Å². The molecule has 0 spiro atoms. The zero-order valence-corrected chi connectivity index (χ0v) is 23.8. The van der Waals surface area contributed by atoms with Crippen LogP contribution in [0.1, 0.15) is 40.1 Å². The Balaban J connectivity index is 1.65. The first-order valence-corrected chi connectivity index (χ1v) is 14.4. The van der Waals surface area contributed by atoms with E-state index in [4.69, 9.17) is 4.74 Å². The first-order chi connectivity index (χ1) is 19.0. The van der Waals surface area contributed by atoms with Gasteiger partial charge in [0.15, 0.2) is 0 Å². The van der Waals surface area contributed by atoms with Crippen LogP contribution in [0.2, 0.25) is 0 Å². The minimum Gasteiger partial charge on any atom is -0.488 e. The van der Waals surface area contributed by atoms with Gasteiger partial charge in [0, 0.05) is 43.2 Å². The van der Waals surface area contributed by atoms with E-state index >= 15 is 0 Å². The third-order valence-corrected chi connectivity index (χ3v) is 8.87. The van der Waals surface area contributed by atoms with Crippen molar-refractivity contribution < 1.29 is 27.9 Å². The number of rotatable bonds is 8. The molecule has 212 valence electrons. The quantitative estimate of drug-likeness (QED) is 0.428. The first-order valence-electron chi connectivity index (χ1n) is 13.0. The van der Waals surface area contributed by atoms with Crippen molar-refractivity contribution >= 4 is 27.5 Å². The van der Waals surface area contributed by atoms with E-state index in [1.165, 1.54) is 29.8 Å². The zero-order chi connectivity index (χ0) is 29.0. The Labute approximate surface area is 234 Å². The summed E-state index contributed by atoms with van der Waals surface area (Å²) >= 11 is 0. The predicted octanol–water partition coefficient (Wildman–Crippen LogP) is 3.18. The molecule has 0 fully saturated rings. The van der Waals surface area contributed by atoms with Gasteiger partial charge in [0.1, 0.15) is 11.9 Å². The topological polar surface area (TPSA) is 129 Å². The van der Waals surface area contributed by atoms with Gasteiger partial charge in [0.05, 0.1) is 29.7 Å². The summed E-state index contributed by atoms with van der Waals surface area (Å²) in [6, 6.07) is 14.1. The molecule has 0 bridgehead atoms. The van der Waals surface area contributed by atoms with Crippen molar-refractivity contribution in [3.8, 4) is 5.75 Å². The van der Waals surface area contributed by atoms with Crippen LogP contribution in [-0.2, 0) is 10.0 Å². The molecule has 1 aromatic heterocycles. The standard InChI is InChI=1S/C29H34N4O6S/c1-19-5-8-24(9-6-19)40(37,38)32(4)17-27-20(2)16-33(21(3)18-34)29(36)25-15-23(7-10-26(25)39-27)31-28(35)22-11-13-30-14-12-22/h5-15,20-21,27,34H,16-18H2,1-4H3,(H,31,35)/t20-,21+,27+/m1/s1. The molecular weight excluding hydrogens is 532 g/mol. The summed E-state index contributed by atoms with van der Waals surface area (Å²) in [6.07, 6.45) is 2.42. The number of fused-ring (bicyclic) bond motifs is 1. The van der Waals surface area contributed by atoms with Crippen molar-refractivity contribution in [2.75, 3.05) is 32.1 Å². The lowest BCUT2D eigenvalue weighted by atomic mass is 9.99. The second kappa shape index (κ2) is 12.2. The van der Waals surface area contributed by atoms with Crippen molar-refractivity contribution in [1.29, 1.82) is 0 Å². The minimum atomic E-state index is -3.79. The Morgan fingerprint density at radius 1 is 1.18 bits per heavy atom. The van der Waals surface area contributed by atoms with Crippen molar-refractivity contribution in [3.05, 3.63) is 83.7 Å². The molecule has 2 heterocycles.